The molecule has 0 aromatic carbocycles. The van der Waals surface area contributed by atoms with E-state index in [1.54, 1.807) is 6.20 Å². The second kappa shape index (κ2) is 5.08. The molecule has 1 atom stereocenters. The normalized spacial score (nSPS) is 17.9. The van der Waals surface area contributed by atoms with Crippen molar-refractivity contribution in [2.45, 2.75) is 25.3 Å². The molecule has 0 amide bonds. The summed E-state index contributed by atoms with van der Waals surface area (Å²) in [5.41, 5.74) is 0.748. The number of rotatable bonds is 4. The zero-order valence-corrected chi connectivity index (χ0v) is 9.96. The number of carboxylic acids is 1. The lowest BCUT2D eigenvalue weighted by Gasteiger charge is -2.24. The van der Waals surface area contributed by atoms with Crippen LogP contribution in [0.4, 0.5) is 0 Å². The molecule has 1 aromatic rings. The number of aromatic carboxylic acids is 1. The van der Waals surface area contributed by atoms with Crippen LogP contribution in [0.2, 0.25) is 0 Å². The molecule has 1 aliphatic heterocycles. The molecule has 0 aliphatic carbocycles. The van der Waals surface area contributed by atoms with Gasteiger partial charge in [0, 0.05) is 18.4 Å². The first-order valence-electron chi connectivity index (χ1n) is 5.85. The third-order valence-corrected chi connectivity index (χ3v) is 3.09. The fourth-order valence-corrected chi connectivity index (χ4v) is 2.32. The SMILES string of the molecule is C=CCOC(=O)C1CCCn2ccc(C(=O)O)c21. The molecule has 5 nitrogen and oxygen atoms in total. The standard InChI is InChI=1S/C13H15NO4/c1-2-8-18-13(17)10-4-3-6-14-7-5-9(11(10)14)12(15)16/h2,5,7,10H,1,3-4,6,8H2,(H,15,16). The summed E-state index contributed by atoms with van der Waals surface area (Å²) in [7, 11) is 0. The monoisotopic (exact) mass is 249 g/mol. The zero-order chi connectivity index (χ0) is 13.1. The van der Waals surface area contributed by atoms with Crippen molar-refractivity contribution >= 4 is 11.9 Å². The van der Waals surface area contributed by atoms with E-state index in [1.165, 1.54) is 12.1 Å². The van der Waals surface area contributed by atoms with Crippen molar-refractivity contribution < 1.29 is 19.4 Å². The smallest absolute Gasteiger partial charge is 0.337 e. The van der Waals surface area contributed by atoms with Crippen LogP contribution in [-0.2, 0) is 16.1 Å². The average molecular weight is 249 g/mol. The predicted octanol–water partition coefficient (Wildman–Crippen LogP) is 1.79. The second-order valence-electron chi connectivity index (χ2n) is 4.23. The molecule has 5 heteroatoms. The Kier molecular flexibility index (Phi) is 3.50. The van der Waals surface area contributed by atoms with Gasteiger partial charge in [-0.05, 0) is 18.9 Å². The molecule has 0 saturated carbocycles. The lowest BCUT2D eigenvalue weighted by molar-refractivity contribution is -0.144. The molecular weight excluding hydrogens is 234 g/mol. The van der Waals surface area contributed by atoms with Gasteiger partial charge in [0.1, 0.15) is 6.61 Å². The van der Waals surface area contributed by atoms with E-state index in [4.69, 9.17) is 9.84 Å². The fourth-order valence-electron chi connectivity index (χ4n) is 2.32. The molecule has 1 aliphatic rings. The van der Waals surface area contributed by atoms with Crippen LogP contribution >= 0.6 is 0 Å². The molecule has 1 N–H and O–H groups in total. The van der Waals surface area contributed by atoms with E-state index in [2.05, 4.69) is 6.58 Å². The van der Waals surface area contributed by atoms with Gasteiger partial charge in [-0.15, -0.1) is 0 Å². The number of fused-ring (bicyclic) bond motifs is 1. The number of aromatic nitrogens is 1. The summed E-state index contributed by atoms with van der Waals surface area (Å²) in [6.45, 7) is 4.38. The van der Waals surface area contributed by atoms with Crippen molar-refractivity contribution in [3.8, 4) is 0 Å². The quantitative estimate of drug-likeness (QED) is 0.652. The zero-order valence-electron chi connectivity index (χ0n) is 9.96. The van der Waals surface area contributed by atoms with Crippen LogP contribution in [-0.4, -0.2) is 28.2 Å². The maximum atomic E-state index is 11.9. The van der Waals surface area contributed by atoms with Gasteiger partial charge < -0.3 is 14.4 Å². The predicted molar refractivity (Wildman–Crippen MR) is 64.5 cm³/mol. The van der Waals surface area contributed by atoms with Crippen molar-refractivity contribution in [1.82, 2.24) is 4.57 Å². The first-order valence-corrected chi connectivity index (χ1v) is 5.85. The minimum absolute atomic E-state index is 0.151. The average Bonchev–Trinajstić information content (AvgIpc) is 2.79. The second-order valence-corrected chi connectivity index (χ2v) is 4.23. The number of hydrogen-bond acceptors (Lipinski definition) is 3. The van der Waals surface area contributed by atoms with Gasteiger partial charge in [0.15, 0.2) is 0 Å². The third kappa shape index (κ3) is 2.16. The summed E-state index contributed by atoms with van der Waals surface area (Å²) in [6.07, 6.45) is 4.68. The molecule has 0 bridgehead atoms. The highest BCUT2D eigenvalue weighted by atomic mass is 16.5. The Morgan fingerprint density at radius 2 is 2.39 bits per heavy atom. The van der Waals surface area contributed by atoms with Gasteiger partial charge in [-0.25, -0.2) is 4.79 Å². The molecule has 18 heavy (non-hydrogen) atoms. The van der Waals surface area contributed by atoms with Gasteiger partial charge in [0.25, 0.3) is 0 Å². The Hall–Kier alpha value is -2.04. The molecular formula is C13H15NO4. The minimum Gasteiger partial charge on any atom is -0.478 e. The van der Waals surface area contributed by atoms with Crippen LogP contribution in [0.15, 0.2) is 24.9 Å². The van der Waals surface area contributed by atoms with Gasteiger partial charge in [-0.1, -0.05) is 12.7 Å². The van der Waals surface area contributed by atoms with E-state index >= 15 is 0 Å². The van der Waals surface area contributed by atoms with Crippen LogP contribution in [0, 0.1) is 0 Å². The molecule has 1 unspecified atom stereocenters. The summed E-state index contributed by atoms with van der Waals surface area (Å²) in [5, 5.41) is 9.12. The summed E-state index contributed by atoms with van der Waals surface area (Å²) < 4.78 is 6.85. The van der Waals surface area contributed by atoms with Gasteiger partial charge in [0.05, 0.1) is 11.5 Å². The summed E-state index contributed by atoms with van der Waals surface area (Å²) >= 11 is 0. The first kappa shape index (κ1) is 12.4. The Balaban J connectivity index is 2.31. The van der Waals surface area contributed by atoms with Crippen LogP contribution < -0.4 is 0 Å². The van der Waals surface area contributed by atoms with Crippen LogP contribution in [0.5, 0.6) is 0 Å². The maximum Gasteiger partial charge on any atom is 0.337 e. The van der Waals surface area contributed by atoms with E-state index in [0.29, 0.717) is 12.1 Å². The van der Waals surface area contributed by atoms with Crippen LogP contribution in [0.1, 0.15) is 34.8 Å². The van der Waals surface area contributed by atoms with E-state index in [1.807, 2.05) is 4.57 Å². The largest absolute Gasteiger partial charge is 0.478 e. The number of carboxylic acid groups (broad SMARTS) is 1. The number of carbonyl (C=O) groups excluding carboxylic acids is 1. The number of ether oxygens (including phenoxy) is 1. The first-order chi connectivity index (χ1) is 8.65. The maximum absolute atomic E-state index is 11.9. The Morgan fingerprint density at radius 1 is 1.61 bits per heavy atom. The summed E-state index contributed by atoms with van der Waals surface area (Å²) in [4.78, 5) is 23.1. The number of esters is 1. The van der Waals surface area contributed by atoms with Crippen molar-refractivity contribution in [1.29, 1.82) is 0 Å². The van der Waals surface area contributed by atoms with E-state index in [-0.39, 0.29) is 18.1 Å². The lowest BCUT2D eigenvalue weighted by atomic mass is 9.93. The Labute approximate surface area is 105 Å². The van der Waals surface area contributed by atoms with Gasteiger partial charge in [-0.2, -0.15) is 0 Å². The van der Waals surface area contributed by atoms with E-state index in [9.17, 15) is 9.59 Å². The van der Waals surface area contributed by atoms with Crippen molar-refractivity contribution in [2.75, 3.05) is 6.61 Å². The van der Waals surface area contributed by atoms with Gasteiger partial charge in [-0.3, -0.25) is 4.79 Å². The highest BCUT2D eigenvalue weighted by Gasteiger charge is 2.32. The van der Waals surface area contributed by atoms with Crippen molar-refractivity contribution in [3.05, 3.63) is 36.2 Å². The molecule has 0 radical (unpaired) electrons. The fraction of sp³-hybridized carbons (Fsp3) is 0.385. The van der Waals surface area contributed by atoms with Crippen molar-refractivity contribution in [3.63, 3.8) is 0 Å². The van der Waals surface area contributed by atoms with Crippen LogP contribution in [0.3, 0.4) is 0 Å². The molecule has 2 rings (SSSR count). The highest BCUT2D eigenvalue weighted by molar-refractivity contribution is 5.92. The molecule has 0 spiro atoms. The van der Waals surface area contributed by atoms with Gasteiger partial charge in [0.2, 0.25) is 0 Å². The van der Waals surface area contributed by atoms with Gasteiger partial charge >= 0.3 is 11.9 Å². The summed E-state index contributed by atoms with van der Waals surface area (Å²) in [6, 6.07) is 1.54. The molecule has 2 heterocycles. The minimum atomic E-state index is -1.01. The number of carbonyl (C=O) groups is 2. The topological polar surface area (TPSA) is 68.5 Å². The molecule has 1 aromatic heterocycles. The molecule has 96 valence electrons. The molecule has 0 fully saturated rings. The third-order valence-electron chi connectivity index (χ3n) is 3.09. The molecule has 0 saturated heterocycles. The lowest BCUT2D eigenvalue weighted by Crippen LogP contribution is -2.25. The van der Waals surface area contributed by atoms with E-state index < -0.39 is 11.9 Å². The summed E-state index contributed by atoms with van der Waals surface area (Å²) in [5.74, 6) is -1.87. The van der Waals surface area contributed by atoms with Crippen molar-refractivity contribution in [2.24, 2.45) is 0 Å². The van der Waals surface area contributed by atoms with E-state index in [0.717, 1.165) is 13.0 Å². The number of aryl methyl sites for hydroxylation is 1. The Morgan fingerprint density at radius 3 is 3.06 bits per heavy atom. The van der Waals surface area contributed by atoms with Crippen LogP contribution in [0.25, 0.3) is 0 Å². The number of nitrogens with zero attached hydrogens (tertiary/aromatic N) is 1. The number of hydrogen-bond donors (Lipinski definition) is 1. The Bertz CT molecular complexity index is 489. The highest BCUT2D eigenvalue weighted by Crippen LogP contribution is 2.31.